The Labute approximate surface area is 206 Å². The molecule has 5 rings (SSSR count). The fraction of sp³-hybridized carbons (Fsp3) is 0.321. The summed E-state index contributed by atoms with van der Waals surface area (Å²) in [4.78, 5) is 7.50. The number of nitrogens with one attached hydrogen (secondary N) is 1. The number of likely N-dealkylation sites (tertiary alicyclic amines) is 1. The van der Waals surface area contributed by atoms with Gasteiger partial charge in [0, 0.05) is 31.4 Å². The lowest BCUT2D eigenvalue weighted by Crippen LogP contribution is -2.40. The normalized spacial score (nSPS) is 14.5. The van der Waals surface area contributed by atoms with Gasteiger partial charge in [0.1, 0.15) is 5.75 Å². The average molecular weight is 474 g/mol. The van der Waals surface area contributed by atoms with Crippen molar-refractivity contribution in [3.8, 4) is 5.75 Å². The van der Waals surface area contributed by atoms with Crippen molar-refractivity contribution in [1.82, 2.24) is 14.5 Å². The molecule has 0 atom stereocenters. The molecule has 3 aromatic carbocycles. The number of imidazole rings is 1. The third-order valence-corrected chi connectivity index (χ3v) is 6.77. The first-order valence-corrected chi connectivity index (χ1v) is 12.1. The van der Waals surface area contributed by atoms with Gasteiger partial charge in [0.05, 0.1) is 24.7 Å². The van der Waals surface area contributed by atoms with E-state index in [0.29, 0.717) is 6.04 Å². The molecule has 0 saturated carbocycles. The third-order valence-electron chi connectivity index (χ3n) is 6.77. The highest BCUT2D eigenvalue weighted by molar-refractivity contribution is 5.78. The van der Waals surface area contributed by atoms with Crippen molar-refractivity contribution in [2.24, 2.45) is 0 Å². The van der Waals surface area contributed by atoms with Crippen LogP contribution in [0.5, 0.6) is 5.75 Å². The van der Waals surface area contributed by atoms with Crippen molar-refractivity contribution in [1.29, 1.82) is 0 Å². The molecule has 0 unspecified atom stereocenters. The minimum absolute atomic E-state index is 0. The van der Waals surface area contributed by atoms with Gasteiger partial charge in [-0.25, -0.2) is 4.98 Å². The summed E-state index contributed by atoms with van der Waals surface area (Å²) in [6.45, 7) is 4.07. The first-order valence-electron chi connectivity index (χ1n) is 12.1. The molecule has 4 aromatic rings. The number of fused-ring (bicyclic) bond motifs is 1. The van der Waals surface area contributed by atoms with Crippen molar-refractivity contribution in [2.45, 2.75) is 31.8 Å². The molecule has 1 aliphatic rings. The van der Waals surface area contributed by atoms with E-state index in [2.05, 4.69) is 57.2 Å². The van der Waals surface area contributed by atoms with Gasteiger partial charge in [-0.1, -0.05) is 36.4 Å². The van der Waals surface area contributed by atoms with Crippen LogP contribution >= 0.6 is 0 Å². The Morgan fingerprint density at radius 1 is 0.943 bits per heavy atom. The van der Waals surface area contributed by atoms with Crippen molar-refractivity contribution in [3.63, 3.8) is 0 Å². The lowest BCUT2D eigenvalue weighted by molar-refractivity contribution is 0.221. The average Bonchev–Trinajstić information content (AvgIpc) is 3.22. The maximum Gasteiger partial charge on any atom is 0.204 e. The maximum atomic E-state index is 5.88. The molecule has 0 spiro atoms. The first kappa shape index (κ1) is 24.6. The Balaban J connectivity index is 0.00000289. The molecular weight excluding hydrogens is 438 g/mol. The fourth-order valence-corrected chi connectivity index (χ4v) is 4.71. The van der Waals surface area contributed by atoms with Gasteiger partial charge < -0.3 is 30.7 Å². The molecule has 7 nitrogen and oxygen atoms in total. The van der Waals surface area contributed by atoms with E-state index < -0.39 is 0 Å². The van der Waals surface area contributed by atoms with Crippen LogP contribution in [0.1, 0.15) is 24.0 Å². The summed E-state index contributed by atoms with van der Waals surface area (Å²) < 4.78 is 7.55. The van der Waals surface area contributed by atoms with Crippen molar-refractivity contribution in [3.05, 3.63) is 83.9 Å². The number of anilines is 2. The number of ether oxygens (including phenoxy) is 1. The predicted octanol–water partition coefficient (Wildman–Crippen LogP) is 3.97. The van der Waals surface area contributed by atoms with E-state index >= 15 is 0 Å². The second-order valence-electron chi connectivity index (χ2n) is 9.11. The molecule has 1 aliphatic heterocycles. The van der Waals surface area contributed by atoms with E-state index in [1.54, 1.807) is 7.11 Å². The number of methoxy groups -OCH3 is 1. The summed E-state index contributed by atoms with van der Waals surface area (Å²) >= 11 is 0. The van der Waals surface area contributed by atoms with Crippen LogP contribution < -0.4 is 15.8 Å². The molecule has 7 heteroatoms. The van der Waals surface area contributed by atoms with E-state index in [-0.39, 0.29) is 5.48 Å². The van der Waals surface area contributed by atoms with E-state index in [1.165, 1.54) is 11.1 Å². The summed E-state index contributed by atoms with van der Waals surface area (Å²) in [5, 5.41) is 3.76. The molecule has 1 saturated heterocycles. The first-order chi connectivity index (χ1) is 16.7. The molecule has 0 bridgehead atoms. The molecule has 35 heavy (non-hydrogen) atoms. The number of nitrogens with zero attached hydrogens (tertiary/aromatic N) is 3. The zero-order chi connectivity index (χ0) is 23.3. The highest BCUT2D eigenvalue weighted by Crippen LogP contribution is 2.24. The lowest BCUT2D eigenvalue weighted by Gasteiger charge is -2.32. The highest BCUT2D eigenvalue weighted by atomic mass is 16.5. The Hall–Kier alpha value is -3.55. The van der Waals surface area contributed by atoms with E-state index in [1.807, 2.05) is 30.3 Å². The maximum absolute atomic E-state index is 5.88. The monoisotopic (exact) mass is 473 g/mol. The summed E-state index contributed by atoms with van der Waals surface area (Å²) in [5.41, 5.74) is 11.4. The van der Waals surface area contributed by atoms with Gasteiger partial charge in [-0.15, -0.1) is 0 Å². The number of para-hydroxylation sites is 2. The Kier molecular flexibility index (Phi) is 7.90. The summed E-state index contributed by atoms with van der Waals surface area (Å²) in [6, 6.07) is 25.3. The number of nitrogen functional groups attached to an aromatic ring is 1. The number of hydrogen-bond donors (Lipinski definition) is 2. The van der Waals surface area contributed by atoms with E-state index in [4.69, 9.17) is 15.5 Å². The molecule has 0 amide bonds. The third kappa shape index (κ3) is 5.93. The lowest BCUT2D eigenvalue weighted by atomic mass is 10.0. The van der Waals surface area contributed by atoms with Crippen molar-refractivity contribution in [2.75, 3.05) is 37.8 Å². The van der Waals surface area contributed by atoms with Crippen LogP contribution in [0.4, 0.5) is 11.6 Å². The quantitative estimate of drug-likeness (QED) is 0.377. The van der Waals surface area contributed by atoms with Crippen LogP contribution in [-0.2, 0) is 13.0 Å². The topological polar surface area (TPSA) is 99.8 Å². The molecule has 1 aromatic heterocycles. The molecule has 5 N–H and O–H groups in total. The number of nitrogens with two attached hydrogens (primary N) is 1. The second kappa shape index (κ2) is 11.3. The zero-order valence-corrected chi connectivity index (χ0v) is 20.3. The van der Waals surface area contributed by atoms with Gasteiger partial charge in [-0.05, 0) is 66.8 Å². The zero-order valence-electron chi connectivity index (χ0n) is 20.3. The van der Waals surface area contributed by atoms with Crippen LogP contribution in [0.2, 0.25) is 0 Å². The van der Waals surface area contributed by atoms with Crippen LogP contribution in [0.25, 0.3) is 11.0 Å². The van der Waals surface area contributed by atoms with Crippen LogP contribution in [-0.4, -0.2) is 52.7 Å². The Morgan fingerprint density at radius 2 is 1.63 bits per heavy atom. The Bertz CT molecular complexity index is 1210. The second-order valence-corrected chi connectivity index (χ2v) is 9.11. The molecule has 2 heterocycles. The molecule has 184 valence electrons. The van der Waals surface area contributed by atoms with Crippen LogP contribution in [0.15, 0.2) is 72.8 Å². The predicted molar refractivity (Wildman–Crippen MR) is 143 cm³/mol. The molecule has 1 fully saturated rings. The van der Waals surface area contributed by atoms with E-state index in [0.717, 1.165) is 73.9 Å². The number of aromatic nitrogens is 2. The highest BCUT2D eigenvalue weighted by Gasteiger charge is 2.21. The summed E-state index contributed by atoms with van der Waals surface area (Å²) in [7, 11) is 1.71. The van der Waals surface area contributed by atoms with Crippen LogP contribution in [0, 0.1) is 0 Å². The fourth-order valence-electron chi connectivity index (χ4n) is 4.71. The minimum atomic E-state index is 0. The van der Waals surface area contributed by atoms with Gasteiger partial charge in [0.25, 0.3) is 0 Å². The van der Waals surface area contributed by atoms with Crippen LogP contribution in [0.3, 0.4) is 0 Å². The molecular formula is C28H35N5O2. The van der Waals surface area contributed by atoms with Crippen molar-refractivity contribution >= 4 is 22.7 Å². The SMILES string of the molecule is COc1ccc(CCN2CCC(Nc3nc4ccccc4n3Cc3ccc(N)cc3)CC2)cc1.O. The number of benzene rings is 3. The summed E-state index contributed by atoms with van der Waals surface area (Å²) in [6.07, 6.45) is 3.31. The van der Waals surface area contributed by atoms with Gasteiger partial charge in [0.2, 0.25) is 5.95 Å². The number of hydrogen-bond acceptors (Lipinski definition) is 5. The van der Waals surface area contributed by atoms with E-state index in [9.17, 15) is 0 Å². The smallest absolute Gasteiger partial charge is 0.204 e. The standard InChI is InChI=1S/C28H33N5O.H2O/c1-34-25-12-8-21(9-13-25)14-17-32-18-15-24(16-19-32)30-28-31-26-4-2-3-5-27(26)33(28)20-22-6-10-23(29)11-7-22;/h2-13,24H,14-20,29H2,1H3,(H,30,31);1H2. The molecule has 0 aliphatic carbocycles. The minimum Gasteiger partial charge on any atom is -0.497 e. The van der Waals surface area contributed by atoms with Gasteiger partial charge >= 0.3 is 0 Å². The van der Waals surface area contributed by atoms with Gasteiger partial charge in [0.15, 0.2) is 0 Å². The van der Waals surface area contributed by atoms with Gasteiger partial charge in [-0.2, -0.15) is 0 Å². The van der Waals surface area contributed by atoms with Crippen molar-refractivity contribution < 1.29 is 10.2 Å². The number of rotatable bonds is 8. The van der Waals surface area contributed by atoms with Gasteiger partial charge in [-0.3, -0.25) is 0 Å². The molecule has 0 radical (unpaired) electrons. The number of piperidine rings is 1. The Morgan fingerprint density at radius 3 is 2.34 bits per heavy atom. The summed E-state index contributed by atoms with van der Waals surface area (Å²) in [5.74, 6) is 1.87. The largest absolute Gasteiger partial charge is 0.497 e.